The van der Waals surface area contributed by atoms with Crippen molar-refractivity contribution in [3.8, 4) is 5.75 Å². The predicted molar refractivity (Wildman–Crippen MR) is 113 cm³/mol. The van der Waals surface area contributed by atoms with E-state index < -0.39 is 4.92 Å². The van der Waals surface area contributed by atoms with Gasteiger partial charge in [0.25, 0.3) is 5.69 Å². The highest BCUT2D eigenvalue weighted by atomic mass is 35.5. The summed E-state index contributed by atoms with van der Waals surface area (Å²) in [7, 11) is 0. The van der Waals surface area contributed by atoms with Gasteiger partial charge in [0.05, 0.1) is 22.2 Å². The molecule has 28 heavy (non-hydrogen) atoms. The predicted octanol–water partition coefficient (Wildman–Crippen LogP) is 5.00. The lowest BCUT2D eigenvalue weighted by atomic mass is 10.0. The minimum Gasteiger partial charge on any atom is -0.494 e. The SMILES string of the molecule is CCOc1ccc2ccccc2c1CNCCNc1ccc([N+](=O)[O-])cc1Cl. The Bertz CT molecular complexity index is 978. The lowest BCUT2D eigenvalue weighted by Gasteiger charge is -2.15. The van der Waals surface area contributed by atoms with Crippen LogP contribution in [0.15, 0.2) is 54.6 Å². The molecule has 0 unspecified atom stereocenters. The Labute approximate surface area is 168 Å². The lowest BCUT2D eigenvalue weighted by molar-refractivity contribution is -0.384. The Kier molecular flexibility index (Phi) is 6.68. The fourth-order valence-electron chi connectivity index (χ4n) is 3.05. The van der Waals surface area contributed by atoms with Crippen molar-refractivity contribution in [2.45, 2.75) is 13.5 Å². The molecular formula is C21H22ClN3O3. The Balaban J connectivity index is 1.60. The number of fused-ring (bicyclic) bond motifs is 1. The number of nitrogens with zero attached hydrogens (tertiary/aromatic N) is 1. The second kappa shape index (κ2) is 9.39. The van der Waals surface area contributed by atoms with Gasteiger partial charge >= 0.3 is 0 Å². The zero-order valence-electron chi connectivity index (χ0n) is 15.6. The molecule has 0 fully saturated rings. The number of non-ortho nitro benzene ring substituents is 1. The van der Waals surface area contributed by atoms with Gasteiger partial charge in [-0.3, -0.25) is 10.1 Å². The zero-order chi connectivity index (χ0) is 19.9. The van der Waals surface area contributed by atoms with E-state index in [-0.39, 0.29) is 5.69 Å². The van der Waals surface area contributed by atoms with Crippen molar-refractivity contribution in [1.29, 1.82) is 0 Å². The summed E-state index contributed by atoms with van der Waals surface area (Å²) >= 11 is 6.10. The highest BCUT2D eigenvalue weighted by Crippen LogP contribution is 2.28. The second-order valence-corrected chi connectivity index (χ2v) is 6.63. The van der Waals surface area contributed by atoms with Crippen LogP contribution in [0.2, 0.25) is 5.02 Å². The molecule has 0 spiro atoms. The molecule has 0 atom stereocenters. The van der Waals surface area contributed by atoms with E-state index in [4.69, 9.17) is 16.3 Å². The van der Waals surface area contributed by atoms with Crippen LogP contribution in [0.4, 0.5) is 11.4 Å². The third kappa shape index (κ3) is 4.71. The van der Waals surface area contributed by atoms with Crippen LogP contribution in [0.1, 0.15) is 12.5 Å². The first-order chi connectivity index (χ1) is 13.6. The number of benzene rings is 3. The van der Waals surface area contributed by atoms with Crippen LogP contribution in [-0.4, -0.2) is 24.6 Å². The Hall–Kier alpha value is -2.83. The van der Waals surface area contributed by atoms with Crippen LogP contribution in [0, 0.1) is 10.1 Å². The number of halogens is 1. The van der Waals surface area contributed by atoms with E-state index in [1.165, 1.54) is 22.9 Å². The first-order valence-electron chi connectivity index (χ1n) is 9.12. The topological polar surface area (TPSA) is 76.4 Å². The molecule has 146 valence electrons. The summed E-state index contributed by atoms with van der Waals surface area (Å²) in [6.07, 6.45) is 0. The molecule has 3 rings (SSSR count). The number of rotatable bonds is 9. The summed E-state index contributed by atoms with van der Waals surface area (Å²) in [6, 6.07) is 16.7. The average molecular weight is 400 g/mol. The van der Waals surface area contributed by atoms with Gasteiger partial charge in [-0.1, -0.05) is 41.9 Å². The van der Waals surface area contributed by atoms with E-state index in [0.29, 0.717) is 37.0 Å². The fraction of sp³-hybridized carbons (Fsp3) is 0.238. The molecule has 3 aromatic rings. The summed E-state index contributed by atoms with van der Waals surface area (Å²) < 4.78 is 5.79. The number of anilines is 1. The summed E-state index contributed by atoms with van der Waals surface area (Å²) in [5.41, 5.74) is 1.79. The minimum atomic E-state index is -0.461. The molecule has 0 saturated carbocycles. The molecule has 0 heterocycles. The minimum absolute atomic E-state index is 0.0203. The molecule has 0 bridgehead atoms. The van der Waals surface area contributed by atoms with E-state index in [2.05, 4.69) is 28.8 Å². The van der Waals surface area contributed by atoms with Gasteiger partial charge in [0.2, 0.25) is 0 Å². The quantitative estimate of drug-likeness (QED) is 0.301. The molecule has 0 aliphatic heterocycles. The maximum absolute atomic E-state index is 10.8. The molecule has 7 heteroatoms. The van der Waals surface area contributed by atoms with E-state index in [1.54, 1.807) is 6.07 Å². The number of hydrogen-bond acceptors (Lipinski definition) is 5. The standard InChI is InChI=1S/C21H22ClN3O3/c1-2-28-21-10-7-15-5-3-4-6-17(15)18(21)14-23-11-12-24-20-9-8-16(25(26)27)13-19(20)22/h3-10,13,23-24H,2,11-12,14H2,1H3. The molecule has 0 saturated heterocycles. The zero-order valence-corrected chi connectivity index (χ0v) is 16.3. The molecule has 0 aromatic heterocycles. The molecule has 2 N–H and O–H groups in total. The van der Waals surface area contributed by atoms with Gasteiger partial charge < -0.3 is 15.4 Å². The first-order valence-corrected chi connectivity index (χ1v) is 9.50. The molecule has 6 nitrogen and oxygen atoms in total. The number of hydrogen-bond donors (Lipinski definition) is 2. The lowest BCUT2D eigenvalue weighted by Crippen LogP contribution is -2.22. The van der Waals surface area contributed by atoms with E-state index >= 15 is 0 Å². The van der Waals surface area contributed by atoms with E-state index in [1.807, 2.05) is 25.1 Å². The van der Waals surface area contributed by atoms with Crippen LogP contribution in [0.3, 0.4) is 0 Å². The van der Waals surface area contributed by atoms with Crippen LogP contribution in [0.25, 0.3) is 10.8 Å². The molecule has 0 radical (unpaired) electrons. The molecule has 0 aliphatic carbocycles. The number of ether oxygens (including phenoxy) is 1. The molecule has 0 aliphatic rings. The van der Waals surface area contributed by atoms with Crippen LogP contribution in [-0.2, 0) is 6.54 Å². The van der Waals surface area contributed by atoms with Crippen molar-refractivity contribution in [3.63, 3.8) is 0 Å². The maximum Gasteiger partial charge on any atom is 0.271 e. The van der Waals surface area contributed by atoms with Crippen molar-refractivity contribution in [2.24, 2.45) is 0 Å². The summed E-state index contributed by atoms with van der Waals surface area (Å²) in [5, 5.41) is 20.1. The number of nitro groups is 1. The summed E-state index contributed by atoms with van der Waals surface area (Å²) in [4.78, 5) is 10.3. The van der Waals surface area contributed by atoms with Crippen molar-refractivity contribution < 1.29 is 9.66 Å². The molecule has 0 amide bonds. The molecule has 3 aromatic carbocycles. The number of nitrogens with one attached hydrogen (secondary N) is 2. The van der Waals surface area contributed by atoms with Gasteiger partial charge in [0.15, 0.2) is 0 Å². The second-order valence-electron chi connectivity index (χ2n) is 6.22. The van der Waals surface area contributed by atoms with Crippen LogP contribution in [0.5, 0.6) is 5.75 Å². The van der Waals surface area contributed by atoms with E-state index in [0.717, 1.165) is 11.3 Å². The van der Waals surface area contributed by atoms with Crippen molar-refractivity contribution in [2.75, 3.05) is 25.0 Å². The largest absolute Gasteiger partial charge is 0.494 e. The van der Waals surface area contributed by atoms with E-state index in [9.17, 15) is 10.1 Å². The van der Waals surface area contributed by atoms with Gasteiger partial charge in [-0.15, -0.1) is 0 Å². The highest BCUT2D eigenvalue weighted by Gasteiger charge is 2.10. The van der Waals surface area contributed by atoms with Gasteiger partial charge in [0.1, 0.15) is 5.75 Å². The Morgan fingerprint density at radius 3 is 2.68 bits per heavy atom. The van der Waals surface area contributed by atoms with Gasteiger partial charge in [-0.2, -0.15) is 0 Å². The van der Waals surface area contributed by atoms with Crippen molar-refractivity contribution in [3.05, 3.63) is 75.3 Å². The van der Waals surface area contributed by atoms with Gasteiger partial charge in [-0.25, -0.2) is 0 Å². The fourth-order valence-corrected chi connectivity index (χ4v) is 3.29. The first kappa shape index (κ1) is 19.9. The third-order valence-corrected chi connectivity index (χ3v) is 4.69. The summed E-state index contributed by atoms with van der Waals surface area (Å²) in [6.45, 7) is 4.59. The Morgan fingerprint density at radius 1 is 1.11 bits per heavy atom. The van der Waals surface area contributed by atoms with Crippen molar-refractivity contribution >= 4 is 33.7 Å². The third-order valence-electron chi connectivity index (χ3n) is 4.38. The molecular weight excluding hydrogens is 378 g/mol. The smallest absolute Gasteiger partial charge is 0.271 e. The average Bonchev–Trinajstić information content (AvgIpc) is 2.70. The van der Waals surface area contributed by atoms with Gasteiger partial charge in [-0.05, 0) is 29.8 Å². The number of nitro benzene ring substituents is 1. The van der Waals surface area contributed by atoms with Crippen LogP contribution < -0.4 is 15.4 Å². The Morgan fingerprint density at radius 2 is 1.93 bits per heavy atom. The normalized spacial score (nSPS) is 10.8. The van der Waals surface area contributed by atoms with Crippen LogP contribution >= 0.6 is 11.6 Å². The maximum atomic E-state index is 10.8. The summed E-state index contributed by atoms with van der Waals surface area (Å²) in [5.74, 6) is 0.889. The van der Waals surface area contributed by atoms with Crippen molar-refractivity contribution in [1.82, 2.24) is 5.32 Å². The monoisotopic (exact) mass is 399 g/mol. The van der Waals surface area contributed by atoms with Gasteiger partial charge in [0, 0.05) is 37.3 Å². The highest BCUT2D eigenvalue weighted by molar-refractivity contribution is 6.33.